The van der Waals surface area contributed by atoms with Gasteiger partial charge in [0.15, 0.2) is 0 Å². The molecule has 1 amide bonds. The predicted octanol–water partition coefficient (Wildman–Crippen LogP) is 5.23. The van der Waals surface area contributed by atoms with E-state index in [0.29, 0.717) is 40.3 Å². The zero-order valence-corrected chi connectivity index (χ0v) is 22.0. The van der Waals surface area contributed by atoms with Gasteiger partial charge in [0.05, 0.1) is 13.2 Å². The Morgan fingerprint density at radius 2 is 1.79 bits per heavy atom. The molecule has 1 aliphatic rings. The summed E-state index contributed by atoms with van der Waals surface area (Å²) in [5.74, 6) is -5.34. The minimum Gasteiger partial charge on any atom is -0.379 e. The molecule has 13 heteroatoms. The van der Waals surface area contributed by atoms with Gasteiger partial charge in [0.1, 0.15) is 10.2 Å². The number of pyridine rings is 1. The van der Waals surface area contributed by atoms with Crippen molar-refractivity contribution in [3.8, 4) is 11.1 Å². The number of benzene rings is 1. The Morgan fingerprint density at radius 1 is 1.08 bits per heavy atom. The Morgan fingerprint density at radius 3 is 2.47 bits per heavy atom. The van der Waals surface area contributed by atoms with E-state index in [2.05, 4.69) is 20.3 Å². The first-order chi connectivity index (χ1) is 18.0. The average Bonchev–Trinajstić information content (AvgIpc) is 3.23. The van der Waals surface area contributed by atoms with Crippen molar-refractivity contribution in [1.29, 1.82) is 0 Å². The van der Waals surface area contributed by atoms with Gasteiger partial charge >= 0.3 is 12.1 Å². The van der Waals surface area contributed by atoms with Gasteiger partial charge in [0.2, 0.25) is 5.91 Å². The van der Waals surface area contributed by atoms with Crippen molar-refractivity contribution in [2.75, 3.05) is 31.6 Å². The lowest BCUT2D eigenvalue weighted by atomic mass is 10.0. The van der Waals surface area contributed by atoms with Crippen LogP contribution in [0, 0.1) is 3.70 Å². The van der Waals surface area contributed by atoms with Crippen LogP contribution in [0.2, 0.25) is 0 Å². The minimum atomic E-state index is -5.69. The molecular weight excluding hydrogens is 624 g/mol. The number of carbonyl (C=O) groups is 1. The average molecular weight is 647 g/mol. The van der Waals surface area contributed by atoms with Crippen molar-refractivity contribution in [1.82, 2.24) is 19.7 Å². The Labute approximate surface area is 228 Å². The van der Waals surface area contributed by atoms with Crippen LogP contribution < -0.4 is 5.32 Å². The van der Waals surface area contributed by atoms with Gasteiger partial charge in [0, 0.05) is 61.1 Å². The summed E-state index contributed by atoms with van der Waals surface area (Å²) in [5, 5.41) is 6.58. The molecule has 0 spiro atoms. The Balaban J connectivity index is 1.42. The SMILES string of the molecule is O=C(/C=C/c1cnccc1-c1cn(CC(F)(F)C(F)(F)F)nc1I)Nc1ccc(CN2CCOCC2)cc1. The number of alkyl halides is 5. The number of rotatable bonds is 8. The van der Waals surface area contributed by atoms with Crippen LogP contribution in [0.15, 0.2) is 55.0 Å². The van der Waals surface area contributed by atoms with E-state index < -0.39 is 24.6 Å². The zero-order chi connectivity index (χ0) is 27.3. The fraction of sp³-hybridized carbons (Fsp3) is 0.320. The number of anilines is 1. The van der Waals surface area contributed by atoms with E-state index in [9.17, 15) is 26.7 Å². The lowest BCUT2D eigenvalue weighted by molar-refractivity contribution is -0.287. The van der Waals surface area contributed by atoms with E-state index in [-0.39, 0.29) is 3.70 Å². The normalized spacial score (nSPS) is 15.2. The second-order valence-electron chi connectivity index (χ2n) is 8.60. The number of ether oxygens (including phenoxy) is 1. The molecule has 38 heavy (non-hydrogen) atoms. The number of amides is 1. The molecule has 1 fully saturated rings. The van der Waals surface area contributed by atoms with Crippen molar-refractivity contribution in [2.45, 2.75) is 25.2 Å². The minimum absolute atomic E-state index is 0.225. The maximum Gasteiger partial charge on any atom is 0.455 e. The Kier molecular flexibility index (Phi) is 8.78. The van der Waals surface area contributed by atoms with Crippen molar-refractivity contribution in [3.63, 3.8) is 0 Å². The van der Waals surface area contributed by atoms with Crippen LogP contribution in [0.4, 0.5) is 27.6 Å². The molecule has 7 nitrogen and oxygen atoms in total. The Bertz CT molecular complexity index is 1290. The molecule has 0 atom stereocenters. The first kappa shape index (κ1) is 28.1. The third-order valence-electron chi connectivity index (χ3n) is 5.78. The molecule has 1 N–H and O–H groups in total. The zero-order valence-electron chi connectivity index (χ0n) is 19.9. The van der Waals surface area contributed by atoms with Crippen LogP contribution in [0.25, 0.3) is 17.2 Å². The van der Waals surface area contributed by atoms with Gasteiger partial charge in [-0.25, -0.2) is 0 Å². The summed E-state index contributed by atoms with van der Waals surface area (Å²) < 4.78 is 71.0. The number of carbonyl (C=O) groups excluding carboxylic acids is 1. The summed E-state index contributed by atoms with van der Waals surface area (Å²) in [6.07, 6.45) is 1.11. The molecule has 1 saturated heterocycles. The van der Waals surface area contributed by atoms with Gasteiger partial charge in [-0.15, -0.1) is 0 Å². The molecule has 1 aromatic carbocycles. The van der Waals surface area contributed by atoms with Gasteiger partial charge in [-0.2, -0.15) is 27.1 Å². The maximum absolute atomic E-state index is 13.5. The van der Waals surface area contributed by atoms with Crippen LogP contribution in [0.1, 0.15) is 11.1 Å². The second-order valence-corrected chi connectivity index (χ2v) is 9.63. The molecule has 202 valence electrons. The summed E-state index contributed by atoms with van der Waals surface area (Å²) in [5.41, 5.74) is 3.00. The highest BCUT2D eigenvalue weighted by Gasteiger charge is 2.57. The summed E-state index contributed by atoms with van der Waals surface area (Å²) in [6.45, 7) is 2.34. The summed E-state index contributed by atoms with van der Waals surface area (Å²) in [4.78, 5) is 18.8. The standard InChI is InChI=1S/C25H23F5IN5O2/c26-24(27,25(28,29)30)16-36-15-21(23(31)34-36)20-7-8-32-13-18(20)3-6-22(37)33-19-4-1-17(2-5-19)14-35-9-11-38-12-10-35/h1-8,13,15H,9-12,14,16H2,(H,33,37)/b6-3+. The highest BCUT2D eigenvalue weighted by atomic mass is 127. The molecule has 3 aromatic rings. The third kappa shape index (κ3) is 7.14. The molecule has 0 radical (unpaired) electrons. The molecular formula is C25H23F5IN5O2. The molecule has 0 unspecified atom stereocenters. The smallest absolute Gasteiger partial charge is 0.379 e. The van der Waals surface area contributed by atoms with E-state index in [1.807, 2.05) is 24.3 Å². The second kappa shape index (κ2) is 11.9. The maximum atomic E-state index is 13.5. The van der Waals surface area contributed by atoms with Gasteiger partial charge in [-0.05, 0) is 58.0 Å². The van der Waals surface area contributed by atoms with Crippen molar-refractivity contribution in [3.05, 3.63) is 69.8 Å². The van der Waals surface area contributed by atoms with Crippen molar-refractivity contribution in [2.24, 2.45) is 0 Å². The highest BCUT2D eigenvalue weighted by Crippen LogP contribution is 2.37. The number of halogens is 6. The molecule has 1 aliphatic heterocycles. The van der Waals surface area contributed by atoms with E-state index in [4.69, 9.17) is 4.74 Å². The van der Waals surface area contributed by atoms with Crippen LogP contribution >= 0.6 is 22.6 Å². The number of aromatic nitrogens is 3. The molecule has 4 rings (SSSR count). The largest absolute Gasteiger partial charge is 0.455 e. The summed E-state index contributed by atoms with van der Waals surface area (Å²) in [6, 6.07) is 9.07. The van der Waals surface area contributed by atoms with Gasteiger partial charge < -0.3 is 10.1 Å². The van der Waals surface area contributed by atoms with Gasteiger partial charge in [-0.1, -0.05) is 12.1 Å². The fourth-order valence-corrected chi connectivity index (χ4v) is 4.50. The van der Waals surface area contributed by atoms with E-state index >= 15 is 0 Å². The highest BCUT2D eigenvalue weighted by molar-refractivity contribution is 14.1. The molecule has 0 aliphatic carbocycles. The first-order valence-corrected chi connectivity index (χ1v) is 12.6. The Hall–Kier alpha value is -2.91. The first-order valence-electron chi connectivity index (χ1n) is 11.5. The number of nitrogens with zero attached hydrogens (tertiary/aromatic N) is 4. The van der Waals surface area contributed by atoms with Crippen LogP contribution in [-0.4, -0.2) is 64.0 Å². The number of morpholine rings is 1. The van der Waals surface area contributed by atoms with Crippen LogP contribution in [-0.2, 0) is 22.6 Å². The molecule has 0 bridgehead atoms. The van der Waals surface area contributed by atoms with Crippen LogP contribution in [0.5, 0.6) is 0 Å². The van der Waals surface area contributed by atoms with Gasteiger partial charge in [-0.3, -0.25) is 19.4 Å². The lowest BCUT2D eigenvalue weighted by Crippen LogP contribution is -2.40. The van der Waals surface area contributed by atoms with Crippen molar-refractivity contribution < 1.29 is 31.5 Å². The van der Waals surface area contributed by atoms with Gasteiger partial charge in [0.25, 0.3) is 0 Å². The monoisotopic (exact) mass is 647 g/mol. The fourth-order valence-electron chi connectivity index (χ4n) is 3.80. The summed E-state index contributed by atoms with van der Waals surface area (Å²) >= 11 is 1.76. The predicted molar refractivity (Wildman–Crippen MR) is 139 cm³/mol. The number of nitrogens with one attached hydrogen (secondary N) is 1. The third-order valence-corrected chi connectivity index (χ3v) is 6.58. The van der Waals surface area contributed by atoms with Crippen LogP contribution in [0.3, 0.4) is 0 Å². The number of hydrogen-bond acceptors (Lipinski definition) is 5. The molecule has 3 heterocycles. The quantitative estimate of drug-likeness (QED) is 0.206. The van der Waals surface area contributed by atoms with E-state index in [1.165, 1.54) is 24.5 Å². The molecule has 0 saturated carbocycles. The van der Waals surface area contributed by atoms with E-state index in [0.717, 1.165) is 31.4 Å². The molecule has 2 aromatic heterocycles. The van der Waals surface area contributed by atoms with Crippen molar-refractivity contribution >= 4 is 40.3 Å². The lowest BCUT2D eigenvalue weighted by Gasteiger charge is -2.26. The van der Waals surface area contributed by atoms with E-state index in [1.54, 1.807) is 28.7 Å². The number of hydrogen-bond donors (Lipinski definition) is 1. The summed E-state index contributed by atoms with van der Waals surface area (Å²) in [7, 11) is 0. The topological polar surface area (TPSA) is 72.3 Å².